The maximum atomic E-state index is 12.8. The van der Waals surface area contributed by atoms with E-state index in [2.05, 4.69) is 27.7 Å². The molecule has 0 fully saturated rings. The Balaban J connectivity index is 4.26. The second-order valence-electron chi connectivity index (χ2n) is 18.3. The van der Waals surface area contributed by atoms with E-state index in [0.29, 0.717) is 19.3 Å². The maximum Gasteiger partial charge on any atom is 0.306 e. The van der Waals surface area contributed by atoms with Crippen molar-refractivity contribution < 1.29 is 28.6 Å². The molecule has 0 bridgehead atoms. The van der Waals surface area contributed by atoms with Crippen LogP contribution in [0, 0.1) is 5.92 Å². The van der Waals surface area contributed by atoms with Crippen LogP contribution in [0.3, 0.4) is 0 Å². The molecule has 0 saturated carbocycles. The Morgan fingerprint density at radius 1 is 0.328 bits per heavy atom. The monoisotopic (exact) mass is 821 g/mol. The highest BCUT2D eigenvalue weighted by Crippen LogP contribution is 2.17. The zero-order valence-corrected chi connectivity index (χ0v) is 39.5. The van der Waals surface area contributed by atoms with Crippen LogP contribution in [0.25, 0.3) is 0 Å². The van der Waals surface area contributed by atoms with E-state index in [9.17, 15) is 14.4 Å². The van der Waals surface area contributed by atoms with Gasteiger partial charge in [-0.1, -0.05) is 252 Å². The van der Waals surface area contributed by atoms with E-state index in [1.165, 1.54) is 186 Å². The minimum absolute atomic E-state index is 0.0630. The molecule has 0 heterocycles. The molecule has 58 heavy (non-hydrogen) atoms. The van der Waals surface area contributed by atoms with Crippen molar-refractivity contribution in [2.45, 2.75) is 297 Å². The van der Waals surface area contributed by atoms with Crippen LogP contribution in [-0.2, 0) is 28.6 Å². The van der Waals surface area contributed by atoms with Gasteiger partial charge in [0.1, 0.15) is 13.2 Å². The standard InChI is InChI=1S/C52H100O6/c1-5-7-9-11-13-15-17-18-19-20-21-22-23-28-32-36-40-44-51(54)57-47-49(46-56-50(53)43-39-35-31-27-16-14-12-10-8-6-2)58-52(55)45-41-37-33-29-25-24-26-30-34-38-42-48(3)4/h48-49H,5-47H2,1-4H3/t49-/m1/s1. The lowest BCUT2D eigenvalue weighted by molar-refractivity contribution is -0.167. The van der Waals surface area contributed by atoms with E-state index in [1.807, 2.05) is 0 Å². The largest absolute Gasteiger partial charge is 0.462 e. The molecule has 0 aromatic carbocycles. The average Bonchev–Trinajstić information content (AvgIpc) is 3.21. The molecule has 0 aliphatic carbocycles. The third kappa shape index (κ3) is 45.5. The van der Waals surface area contributed by atoms with Crippen molar-refractivity contribution in [3.63, 3.8) is 0 Å². The maximum absolute atomic E-state index is 12.8. The molecule has 0 saturated heterocycles. The molecular formula is C52H100O6. The van der Waals surface area contributed by atoms with E-state index in [-0.39, 0.29) is 31.1 Å². The molecular weight excluding hydrogens is 721 g/mol. The fourth-order valence-corrected chi connectivity index (χ4v) is 7.86. The predicted molar refractivity (Wildman–Crippen MR) is 247 cm³/mol. The fraction of sp³-hybridized carbons (Fsp3) is 0.942. The zero-order valence-electron chi connectivity index (χ0n) is 39.5. The molecule has 0 N–H and O–H groups in total. The first-order valence-electron chi connectivity index (χ1n) is 25.9. The van der Waals surface area contributed by atoms with Crippen LogP contribution in [0.2, 0.25) is 0 Å². The Bertz CT molecular complexity index is 872. The van der Waals surface area contributed by atoms with Crippen molar-refractivity contribution in [3.8, 4) is 0 Å². The quantitative estimate of drug-likeness (QED) is 0.0346. The van der Waals surface area contributed by atoms with Crippen LogP contribution in [0.5, 0.6) is 0 Å². The van der Waals surface area contributed by atoms with Gasteiger partial charge in [0.15, 0.2) is 6.10 Å². The zero-order chi connectivity index (χ0) is 42.4. The minimum Gasteiger partial charge on any atom is -0.462 e. The molecule has 0 spiro atoms. The van der Waals surface area contributed by atoms with Gasteiger partial charge in [0, 0.05) is 19.3 Å². The number of esters is 3. The van der Waals surface area contributed by atoms with Crippen LogP contribution >= 0.6 is 0 Å². The highest BCUT2D eigenvalue weighted by atomic mass is 16.6. The van der Waals surface area contributed by atoms with E-state index in [1.54, 1.807) is 0 Å². The second-order valence-corrected chi connectivity index (χ2v) is 18.3. The van der Waals surface area contributed by atoms with Crippen LogP contribution < -0.4 is 0 Å². The lowest BCUT2D eigenvalue weighted by Gasteiger charge is -2.18. The van der Waals surface area contributed by atoms with Gasteiger partial charge in [-0.3, -0.25) is 14.4 Å². The third-order valence-electron chi connectivity index (χ3n) is 11.8. The lowest BCUT2D eigenvalue weighted by Crippen LogP contribution is -2.30. The van der Waals surface area contributed by atoms with E-state index >= 15 is 0 Å². The van der Waals surface area contributed by atoms with Gasteiger partial charge in [0.05, 0.1) is 0 Å². The fourth-order valence-electron chi connectivity index (χ4n) is 7.86. The van der Waals surface area contributed by atoms with Gasteiger partial charge in [-0.15, -0.1) is 0 Å². The summed E-state index contributed by atoms with van der Waals surface area (Å²) in [6.45, 7) is 9.00. The Hall–Kier alpha value is -1.59. The normalized spacial score (nSPS) is 11.9. The smallest absolute Gasteiger partial charge is 0.306 e. The summed E-state index contributed by atoms with van der Waals surface area (Å²) in [5, 5.41) is 0. The number of unbranched alkanes of at least 4 members (excludes halogenated alkanes) is 34. The summed E-state index contributed by atoms with van der Waals surface area (Å²) < 4.78 is 16.8. The van der Waals surface area contributed by atoms with Crippen molar-refractivity contribution in [2.24, 2.45) is 5.92 Å². The highest BCUT2D eigenvalue weighted by Gasteiger charge is 2.19. The van der Waals surface area contributed by atoms with E-state index in [4.69, 9.17) is 14.2 Å². The number of carbonyl (C=O) groups is 3. The summed E-state index contributed by atoms with van der Waals surface area (Å²) in [5.74, 6) is -0.0304. The van der Waals surface area contributed by atoms with Gasteiger partial charge in [-0.05, 0) is 25.2 Å². The van der Waals surface area contributed by atoms with Gasteiger partial charge in [-0.25, -0.2) is 0 Å². The molecule has 0 aromatic heterocycles. The van der Waals surface area contributed by atoms with Crippen LogP contribution in [-0.4, -0.2) is 37.2 Å². The van der Waals surface area contributed by atoms with Crippen LogP contribution in [0.15, 0.2) is 0 Å². The topological polar surface area (TPSA) is 78.9 Å². The first-order chi connectivity index (χ1) is 28.4. The minimum atomic E-state index is -0.760. The molecule has 6 nitrogen and oxygen atoms in total. The molecule has 0 aliphatic heterocycles. The van der Waals surface area contributed by atoms with Gasteiger partial charge in [0.2, 0.25) is 0 Å². The molecule has 6 heteroatoms. The number of ether oxygens (including phenoxy) is 3. The molecule has 0 amide bonds. The average molecular weight is 821 g/mol. The molecule has 0 aliphatic rings. The number of rotatable bonds is 47. The molecule has 0 rings (SSSR count). The molecule has 344 valence electrons. The molecule has 0 aromatic rings. The summed E-state index contributed by atoms with van der Waals surface area (Å²) >= 11 is 0. The van der Waals surface area contributed by atoms with E-state index in [0.717, 1.165) is 63.7 Å². The summed E-state index contributed by atoms with van der Waals surface area (Å²) in [4.78, 5) is 37.9. The SMILES string of the molecule is CCCCCCCCCCCCCCCCCCCC(=O)OC[C@@H](COC(=O)CCCCCCCCCCCC)OC(=O)CCCCCCCCCCCCC(C)C. The summed E-state index contributed by atoms with van der Waals surface area (Å²) in [6.07, 6.45) is 48.0. The van der Waals surface area contributed by atoms with Gasteiger partial charge in [-0.2, -0.15) is 0 Å². The Morgan fingerprint density at radius 3 is 0.845 bits per heavy atom. The van der Waals surface area contributed by atoms with Crippen molar-refractivity contribution in [2.75, 3.05) is 13.2 Å². The summed E-state index contributed by atoms with van der Waals surface area (Å²) in [7, 11) is 0. The van der Waals surface area contributed by atoms with Gasteiger partial charge in [0.25, 0.3) is 0 Å². The van der Waals surface area contributed by atoms with Crippen LogP contribution in [0.1, 0.15) is 291 Å². The third-order valence-corrected chi connectivity index (χ3v) is 11.8. The highest BCUT2D eigenvalue weighted by molar-refractivity contribution is 5.71. The van der Waals surface area contributed by atoms with Crippen molar-refractivity contribution in [1.29, 1.82) is 0 Å². The Morgan fingerprint density at radius 2 is 0.569 bits per heavy atom. The van der Waals surface area contributed by atoms with Gasteiger partial charge < -0.3 is 14.2 Å². The molecule has 0 radical (unpaired) electrons. The van der Waals surface area contributed by atoms with Gasteiger partial charge >= 0.3 is 17.9 Å². The first kappa shape index (κ1) is 56.4. The second kappa shape index (κ2) is 46.5. The Kier molecular flexibility index (Phi) is 45.2. The molecule has 0 unspecified atom stereocenters. The van der Waals surface area contributed by atoms with Crippen LogP contribution in [0.4, 0.5) is 0 Å². The van der Waals surface area contributed by atoms with Crippen molar-refractivity contribution in [3.05, 3.63) is 0 Å². The molecule has 1 atom stereocenters. The lowest BCUT2D eigenvalue weighted by atomic mass is 10.0. The summed E-state index contributed by atoms with van der Waals surface area (Å²) in [5.41, 5.74) is 0. The number of hydrogen-bond acceptors (Lipinski definition) is 6. The predicted octanol–water partition coefficient (Wildman–Crippen LogP) is 16.7. The first-order valence-corrected chi connectivity index (χ1v) is 25.9. The Labute approximate surface area is 361 Å². The number of hydrogen-bond donors (Lipinski definition) is 0. The van der Waals surface area contributed by atoms with Crippen molar-refractivity contribution in [1.82, 2.24) is 0 Å². The summed E-state index contributed by atoms with van der Waals surface area (Å²) in [6, 6.07) is 0. The van der Waals surface area contributed by atoms with E-state index < -0.39 is 6.10 Å². The number of carbonyl (C=O) groups excluding carboxylic acids is 3. The van der Waals surface area contributed by atoms with Crippen molar-refractivity contribution >= 4 is 17.9 Å².